The summed E-state index contributed by atoms with van der Waals surface area (Å²) in [4.78, 5) is 2.30. The number of ether oxygens (including phenoxy) is 1. The average Bonchev–Trinajstić information content (AvgIpc) is 2.54. The minimum atomic E-state index is -0.178. The third-order valence-corrected chi connectivity index (χ3v) is 3.20. The maximum absolute atomic E-state index is 13.3. The molecule has 1 aromatic carbocycles. The molecule has 0 aliphatic carbocycles. The zero-order valence-corrected chi connectivity index (χ0v) is 11.1. The van der Waals surface area contributed by atoms with E-state index < -0.39 is 0 Å². The van der Waals surface area contributed by atoms with Crippen molar-refractivity contribution in [3.63, 3.8) is 0 Å². The molecule has 0 aromatic heterocycles. The molecule has 0 radical (unpaired) electrons. The molecule has 0 amide bonds. The molecule has 1 unspecified atom stereocenters. The van der Waals surface area contributed by atoms with Crippen LogP contribution in [0.15, 0.2) is 18.2 Å². The monoisotopic (exact) mass is 252 g/mol. The number of benzene rings is 1. The van der Waals surface area contributed by atoms with Crippen LogP contribution in [0.4, 0.5) is 10.1 Å². The van der Waals surface area contributed by atoms with Gasteiger partial charge in [0.1, 0.15) is 5.82 Å². The molecule has 100 valence electrons. The molecule has 1 fully saturated rings. The van der Waals surface area contributed by atoms with Crippen LogP contribution in [0, 0.1) is 5.82 Å². The van der Waals surface area contributed by atoms with Gasteiger partial charge < -0.3 is 15.0 Å². The summed E-state index contributed by atoms with van der Waals surface area (Å²) in [5.41, 5.74) is 2.12. The van der Waals surface area contributed by atoms with Gasteiger partial charge in [0.25, 0.3) is 0 Å². The highest BCUT2D eigenvalue weighted by atomic mass is 19.1. The molecule has 4 heteroatoms. The van der Waals surface area contributed by atoms with E-state index in [4.69, 9.17) is 4.74 Å². The molecule has 1 heterocycles. The Morgan fingerprint density at radius 1 is 1.50 bits per heavy atom. The van der Waals surface area contributed by atoms with Gasteiger partial charge in [-0.15, -0.1) is 0 Å². The molecule has 1 saturated heterocycles. The van der Waals surface area contributed by atoms with Crippen molar-refractivity contribution >= 4 is 5.69 Å². The van der Waals surface area contributed by atoms with Crippen LogP contribution in [-0.2, 0) is 11.3 Å². The summed E-state index contributed by atoms with van der Waals surface area (Å²) in [6.07, 6.45) is 1.24. The highest BCUT2D eigenvalue weighted by Crippen LogP contribution is 2.23. The third kappa shape index (κ3) is 3.21. The van der Waals surface area contributed by atoms with Crippen molar-refractivity contribution in [2.45, 2.75) is 26.0 Å². The van der Waals surface area contributed by atoms with Gasteiger partial charge in [0.15, 0.2) is 0 Å². The summed E-state index contributed by atoms with van der Waals surface area (Å²) >= 11 is 0. The van der Waals surface area contributed by atoms with Crippen molar-refractivity contribution in [2.24, 2.45) is 0 Å². The Morgan fingerprint density at radius 2 is 2.33 bits per heavy atom. The van der Waals surface area contributed by atoms with Crippen LogP contribution >= 0.6 is 0 Å². The van der Waals surface area contributed by atoms with Gasteiger partial charge in [-0.05, 0) is 44.2 Å². The zero-order valence-electron chi connectivity index (χ0n) is 11.1. The number of halogens is 1. The molecule has 1 aliphatic rings. The topological polar surface area (TPSA) is 24.5 Å². The summed E-state index contributed by atoms with van der Waals surface area (Å²) < 4.78 is 19.0. The summed E-state index contributed by atoms with van der Waals surface area (Å²) in [6.45, 7) is 5.40. The van der Waals surface area contributed by atoms with E-state index in [1.54, 1.807) is 6.07 Å². The fourth-order valence-electron chi connectivity index (χ4n) is 2.41. The largest absolute Gasteiger partial charge is 0.377 e. The summed E-state index contributed by atoms with van der Waals surface area (Å²) in [5, 5.41) is 3.09. The van der Waals surface area contributed by atoms with Gasteiger partial charge in [-0.3, -0.25) is 0 Å². The first-order valence-electron chi connectivity index (χ1n) is 6.50. The fourth-order valence-corrected chi connectivity index (χ4v) is 2.41. The molecule has 3 nitrogen and oxygen atoms in total. The van der Waals surface area contributed by atoms with Crippen molar-refractivity contribution in [3.05, 3.63) is 29.6 Å². The van der Waals surface area contributed by atoms with E-state index in [1.807, 2.05) is 13.1 Å². The van der Waals surface area contributed by atoms with Crippen LogP contribution in [0.5, 0.6) is 0 Å². The van der Waals surface area contributed by atoms with Gasteiger partial charge in [-0.2, -0.15) is 0 Å². The van der Waals surface area contributed by atoms with Crippen LogP contribution in [0.1, 0.15) is 18.9 Å². The van der Waals surface area contributed by atoms with Crippen molar-refractivity contribution < 1.29 is 9.13 Å². The zero-order chi connectivity index (χ0) is 13.0. The van der Waals surface area contributed by atoms with E-state index in [1.165, 1.54) is 6.07 Å². The van der Waals surface area contributed by atoms with Crippen molar-refractivity contribution in [1.82, 2.24) is 5.32 Å². The van der Waals surface area contributed by atoms with Gasteiger partial charge in [0.05, 0.1) is 6.10 Å². The van der Waals surface area contributed by atoms with E-state index in [0.29, 0.717) is 6.54 Å². The van der Waals surface area contributed by atoms with Gasteiger partial charge in [-0.25, -0.2) is 4.39 Å². The van der Waals surface area contributed by atoms with Crippen LogP contribution in [0.3, 0.4) is 0 Å². The van der Waals surface area contributed by atoms with E-state index in [2.05, 4.69) is 17.1 Å². The molecule has 1 aliphatic heterocycles. The molecule has 1 atom stereocenters. The van der Waals surface area contributed by atoms with Crippen LogP contribution in [0.25, 0.3) is 0 Å². The van der Waals surface area contributed by atoms with Gasteiger partial charge in [0, 0.05) is 31.9 Å². The lowest BCUT2D eigenvalue weighted by Crippen LogP contribution is -2.31. The second-order valence-corrected chi connectivity index (χ2v) is 4.78. The summed E-state index contributed by atoms with van der Waals surface area (Å²) in [5.74, 6) is -0.178. The number of anilines is 1. The van der Waals surface area contributed by atoms with Crippen molar-refractivity contribution in [1.29, 1.82) is 0 Å². The Balaban J connectivity index is 2.24. The number of nitrogens with one attached hydrogen (secondary N) is 1. The van der Waals surface area contributed by atoms with E-state index >= 15 is 0 Å². The minimum absolute atomic E-state index is 0.178. The molecular weight excluding hydrogens is 231 g/mol. The van der Waals surface area contributed by atoms with Gasteiger partial charge in [0.2, 0.25) is 0 Å². The summed E-state index contributed by atoms with van der Waals surface area (Å²) in [6, 6.07) is 5.02. The lowest BCUT2D eigenvalue weighted by Gasteiger charge is -2.26. The summed E-state index contributed by atoms with van der Waals surface area (Å²) in [7, 11) is 1.88. The predicted octanol–water partition coefficient (Wildman–Crippen LogP) is 2.16. The maximum Gasteiger partial charge on any atom is 0.123 e. The van der Waals surface area contributed by atoms with Crippen LogP contribution in [-0.4, -0.2) is 32.8 Å². The average molecular weight is 252 g/mol. The second-order valence-electron chi connectivity index (χ2n) is 4.78. The number of hydrogen-bond donors (Lipinski definition) is 1. The van der Waals surface area contributed by atoms with E-state index in [9.17, 15) is 4.39 Å². The van der Waals surface area contributed by atoms with E-state index in [-0.39, 0.29) is 11.9 Å². The Hall–Kier alpha value is -1.13. The Morgan fingerprint density at radius 3 is 3.11 bits per heavy atom. The smallest absolute Gasteiger partial charge is 0.123 e. The number of hydrogen-bond acceptors (Lipinski definition) is 3. The van der Waals surface area contributed by atoms with Gasteiger partial charge in [-0.1, -0.05) is 0 Å². The molecule has 0 spiro atoms. The van der Waals surface area contributed by atoms with Crippen molar-refractivity contribution in [2.75, 3.05) is 31.6 Å². The molecule has 1 N–H and O–H groups in total. The first-order chi connectivity index (χ1) is 8.70. The molecule has 18 heavy (non-hydrogen) atoms. The highest BCUT2D eigenvalue weighted by Gasteiger charge is 2.17. The Labute approximate surface area is 108 Å². The Kier molecular flexibility index (Phi) is 4.55. The molecule has 2 rings (SSSR count). The van der Waals surface area contributed by atoms with Gasteiger partial charge >= 0.3 is 0 Å². The first-order valence-corrected chi connectivity index (χ1v) is 6.50. The van der Waals surface area contributed by atoms with Crippen LogP contribution in [0.2, 0.25) is 0 Å². The number of nitrogens with zero attached hydrogens (tertiary/aromatic N) is 1. The molecule has 1 aromatic rings. The predicted molar refractivity (Wildman–Crippen MR) is 71.4 cm³/mol. The first kappa shape index (κ1) is 13.3. The van der Waals surface area contributed by atoms with Crippen molar-refractivity contribution in [3.8, 4) is 0 Å². The standard InChI is InChI=1S/C14H21FN2O/c1-11-10-17(6-3-7-18-11)14-5-4-13(15)8-12(14)9-16-2/h4-5,8,11,16H,3,6-7,9-10H2,1-2H3. The molecular formula is C14H21FN2O. The minimum Gasteiger partial charge on any atom is -0.377 e. The fraction of sp³-hybridized carbons (Fsp3) is 0.571. The lowest BCUT2D eigenvalue weighted by atomic mass is 10.1. The second kappa shape index (κ2) is 6.16. The SMILES string of the molecule is CNCc1cc(F)ccc1N1CCCOC(C)C1. The maximum atomic E-state index is 13.3. The van der Waals surface area contributed by atoms with Crippen LogP contribution < -0.4 is 10.2 Å². The highest BCUT2D eigenvalue weighted by molar-refractivity contribution is 5.54. The van der Waals surface area contributed by atoms with E-state index in [0.717, 1.165) is 37.4 Å². The quantitative estimate of drug-likeness (QED) is 0.892. The Bertz CT molecular complexity index is 397. The normalized spacial score (nSPS) is 20.8. The molecule has 0 bridgehead atoms. The lowest BCUT2D eigenvalue weighted by molar-refractivity contribution is 0.0821. The molecule has 0 saturated carbocycles. The third-order valence-electron chi connectivity index (χ3n) is 3.20. The number of rotatable bonds is 3.